The van der Waals surface area contributed by atoms with Gasteiger partial charge in [-0.05, 0) is 49.1 Å². The highest BCUT2D eigenvalue weighted by molar-refractivity contribution is 5.77. The Balaban J connectivity index is 1.42. The minimum Gasteiger partial charge on any atom is -0.497 e. The molecule has 1 saturated heterocycles. The van der Waals surface area contributed by atoms with Crippen LogP contribution in [-0.4, -0.2) is 34.4 Å². The molecule has 0 saturated carbocycles. The van der Waals surface area contributed by atoms with Gasteiger partial charge in [0.05, 0.1) is 24.1 Å². The lowest BCUT2D eigenvalue weighted by Gasteiger charge is -2.31. The van der Waals surface area contributed by atoms with Gasteiger partial charge < -0.3 is 14.6 Å². The fourth-order valence-electron chi connectivity index (χ4n) is 4.38. The first kappa shape index (κ1) is 21.1. The molecule has 6 heteroatoms. The molecule has 0 aliphatic carbocycles. The van der Waals surface area contributed by atoms with E-state index in [2.05, 4.69) is 22.1 Å². The van der Waals surface area contributed by atoms with Crippen molar-refractivity contribution < 1.29 is 9.53 Å². The Labute approximate surface area is 182 Å². The van der Waals surface area contributed by atoms with Crippen molar-refractivity contribution in [2.75, 3.05) is 13.7 Å². The molecule has 1 fully saturated rings. The van der Waals surface area contributed by atoms with E-state index < -0.39 is 0 Å². The van der Waals surface area contributed by atoms with Crippen molar-refractivity contribution in [1.29, 1.82) is 0 Å². The fourth-order valence-corrected chi connectivity index (χ4v) is 4.38. The maximum Gasteiger partial charge on any atom is 0.258 e. The Morgan fingerprint density at radius 2 is 1.94 bits per heavy atom. The van der Waals surface area contributed by atoms with Crippen molar-refractivity contribution in [3.63, 3.8) is 0 Å². The molecule has 31 heavy (non-hydrogen) atoms. The van der Waals surface area contributed by atoms with Crippen molar-refractivity contribution in [3.8, 4) is 5.75 Å². The minimum atomic E-state index is -0.126. The number of carbonyl (C=O) groups excluding carboxylic acids is 1. The molecule has 1 aromatic heterocycles. The van der Waals surface area contributed by atoms with Gasteiger partial charge in [-0.15, -0.1) is 0 Å². The van der Waals surface area contributed by atoms with Crippen molar-refractivity contribution in [1.82, 2.24) is 14.9 Å². The van der Waals surface area contributed by atoms with Crippen LogP contribution in [0.25, 0.3) is 10.9 Å². The SMILES string of the molecule is COc1ccc(C2CCCCCN2C(=O)CCCc2nc3ccccc3c(=O)[nH]2)cc1. The summed E-state index contributed by atoms with van der Waals surface area (Å²) < 4.78 is 5.27. The first-order valence-electron chi connectivity index (χ1n) is 11.1. The first-order valence-corrected chi connectivity index (χ1v) is 11.1. The van der Waals surface area contributed by atoms with Gasteiger partial charge in [0.15, 0.2) is 0 Å². The lowest BCUT2D eigenvalue weighted by Crippen LogP contribution is -2.34. The van der Waals surface area contributed by atoms with Crippen molar-refractivity contribution in [2.24, 2.45) is 0 Å². The van der Waals surface area contributed by atoms with Crippen LogP contribution in [0, 0.1) is 0 Å². The zero-order valence-corrected chi connectivity index (χ0v) is 18.0. The Morgan fingerprint density at radius 3 is 2.74 bits per heavy atom. The summed E-state index contributed by atoms with van der Waals surface area (Å²) in [6, 6.07) is 15.5. The highest BCUT2D eigenvalue weighted by atomic mass is 16.5. The van der Waals surface area contributed by atoms with Gasteiger partial charge in [-0.3, -0.25) is 9.59 Å². The Kier molecular flexibility index (Phi) is 6.65. The Morgan fingerprint density at radius 1 is 1.13 bits per heavy atom. The van der Waals surface area contributed by atoms with E-state index in [4.69, 9.17) is 4.74 Å². The summed E-state index contributed by atoms with van der Waals surface area (Å²) in [7, 11) is 1.66. The van der Waals surface area contributed by atoms with E-state index in [0.717, 1.165) is 43.5 Å². The van der Waals surface area contributed by atoms with E-state index in [1.54, 1.807) is 13.2 Å². The van der Waals surface area contributed by atoms with Crippen LogP contribution in [0.5, 0.6) is 5.75 Å². The van der Waals surface area contributed by atoms with E-state index >= 15 is 0 Å². The molecular formula is C25H29N3O3. The number of aromatic amines is 1. The number of nitrogens with zero attached hydrogens (tertiary/aromatic N) is 2. The minimum absolute atomic E-state index is 0.111. The number of benzene rings is 2. The highest BCUT2D eigenvalue weighted by Crippen LogP contribution is 2.31. The number of ether oxygens (including phenoxy) is 1. The van der Waals surface area contributed by atoms with E-state index in [0.29, 0.717) is 36.0 Å². The third-order valence-electron chi connectivity index (χ3n) is 6.04. The third-order valence-corrected chi connectivity index (χ3v) is 6.04. The summed E-state index contributed by atoms with van der Waals surface area (Å²) in [5.74, 6) is 1.64. The number of fused-ring (bicyclic) bond motifs is 1. The average Bonchev–Trinajstić information content (AvgIpc) is 3.05. The van der Waals surface area contributed by atoms with Crippen molar-refractivity contribution >= 4 is 16.8 Å². The molecule has 0 radical (unpaired) electrons. The molecule has 1 aliphatic rings. The molecule has 1 unspecified atom stereocenters. The quantitative estimate of drug-likeness (QED) is 0.643. The average molecular weight is 420 g/mol. The molecule has 2 heterocycles. The summed E-state index contributed by atoms with van der Waals surface area (Å²) in [5, 5.41) is 0.592. The number of hydrogen-bond donors (Lipinski definition) is 1. The second kappa shape index (κ2) is 9.77. The predicted octanol–water partition coefficient (Wildman–Crippen LogP) is 4.40. The van der Waals surface area contributed by atoms with Gasteiger partial charge in [0, 0.05) is 19.4 Å². The van der Waals surface area contributed by atoms with Crippen molar-refractivity contribution in [3.05, 3.63) is 70.3 Å². The Hall–Kier alpha value is -3.15. The molecule has 1 amide bonds. The zero-order valence-electron chi connectivity index (χ0n) is 18.0. The number of likely N-dealkylation sites (tertiary alicyclic amines) is 1. The van der Waals surface area contributed by atoms with Gasteiger partial charge in [0.2, 0.25) is 5.91 Å². The normalized spacial score (nSPS) is 16.8. The van der Waals surface area contributed by atoms with Crippen LogP contribution < -0.4 is 10.3 Å². The summed E-state index contributed by atoms with van der Waals surface area (Å²) in [4.78, 5) is 34.8. The van der Waals surface area contributed by atoms with Crippen LogP contribution in [0.4, 0.5) is 0 Å². The molecule has 1 atom stereocenters. The number of aryl methyl sites for hydroxylation is 1. The summed E-state index contributed by atoms with van der Waals surface area (Å²) in [6.07, 6.45) is 5.99. The molecule has 6 nitrogen and oxygen atoms in total. The molecule has 0 bridgehead atoms. The van der Waals surface area contributed by atoms with E-state index in [1.807, 2.05) is 35.2 Å². The molecule has 1 N–H and O–H groups in total. The summed E-state index contributed by atoms with van der Waals surface area (Å²) in [5.41, 5.74) is 1.73. The number of aromatic nitrogens is 2. The van der Waals surface area contributed by atoms with Gasteiger partial charge in [0.1, 0.15) is 11.6 Å². The van der Waals surface area contributed by atoms with Crippen LogP contribution >= 0.6 is 0 Å². The van der Waals surface area contributed by atoms with E-state index in [1.165, 1.54) is 0 Å². The number of carbonyl (C=O) groups is 1. The van der Waals surface area contributed by atoms with Crippen molar-refractivity contribution in [2.45, 2.75) is 51.0 Å². The van der Waals surface area contributed by atoms with E-state index in [9.17, 15) is 9.59 Å². The lowest BCUT2D eigenvalue weighted by molar-refractivity contribution is -0.133. The van der Waals surface area contributed by atoms with Crippen LogP contribution in [0.3, 0.4) is 0 Å². The van der Waals surface area contributed by atoms with Gasteiger partial charge in [-0.2, -0.15) is 0 Å². The molecule has 4 rings (SSSR count). The van der Waals surface area contributed by atoms with Crippen LogP contribution in [0.15, 0.2) is 53.3 Å². The smallest absolute Gasteiger partial charge is 0.258 e. The number of methoxy groups -OCH3 is 1. The molecular weight excluding hydrogens is 390 g/mol. The zero-order chi connectivity index (χ0) is 21.6. The third kappa shape index (κ3) is 4.95. The summed E-state index contributed by atoms with van der Waals surface area (Å²) in [6.45, 7) is 0.792. The fraction of sp³-hybridized carbons (Fsp3) is 0.400. The number of hydrogen-bond acceptors (Lipinski definition) is 4. The van der Waals surface area contributed by atoms with Gasteiger partial charge in [0.25, 0.3) is 5.56 Å². The second-order valence-electron chi connectivity index (χ2n) is 8.11. The number of rotatable bonds is 6. The number of H-pyrrole nitrogens is 1. The standard InChI is InChI=1S/C25H29N3O3/c1-31-19-15-13-18(14-16-19)22-10-3-2-6-17-28(22)24(29)12-7-11-23-26-21-9-5-4-8-20(21)25(30)27-23/h4-5,8-9,13-16,22H,2-3,6-7,10-12,17H2,1H3,(H,26,27,30). The molecule has 0 spiro atoms. The topological polar surface area (TPSA) is 75.3 Å². The molecule has 3 aromatic rings. The predicted molar refractivity (Wildman–Crippen MR) is 121 cm³/mol. The molecule has 162 valence electrons. The monoisotopic (exact) mass is 419 g/mol. The van der Waals surface area contributed by atoms with E-state index in [-0.39, 0.29) is 17.5 Å². The number of nitrogens with one attached hydrogen (secondary N) is 1. The van der Waals surface area contributed by atoms with Crippen LogP contribution in [0.1, 0.15) is 56.0 Å². The van der Waals surface area contributed by atoms with Gasteiger partial charge in [-0.25, -0.2) is 4.98 Å². The first-order chi connectivity index (χ1) is 15.2. The number of para-hydroxylation sites is 1. The second-order valence-corrected chi connectivity index (χ2v) is 8.11. The maximum absolute atomic E-state index is 13.1. The Bertz CT molecular complexity index is 1090. The maximum atomic E-state index is 13.1. The van der Waals surface area contributed by atoms with Gasteiger partial charge >= 0.3 is 0 Å². The molecule has 1 aliphatic heterocycles. The largest absolute Gasteiger partial charge is 0.497 e. The highest BCUT2D eigenvalue weighted by Gasteiger charge is 2.26. The molecule has 2 aromatic carbocycles. The lowest BCUT2D eigenvalue weighted by atomic mass is 10.00. The van der Waals surface area contributed by atoms with Crippen LogP contribution in [-0.2, 0) is 11.2 Å². The van der Waals surface area contributed by atoms with Gasteiger partial charge in [-0.1, -0.05) is 37.1 Å². The van der Waals surface area contributed by atoms with Crippen LogP contribution in [0.2, 0.25) is 0 Å². The summed E-state index contributed by atoms with van der Waals surface area (Å²) >= 11 is 0. The number of amides is 1.